The van der Waals surface area contributed by atoms with E-state index in [2.05, 4.69) is 75.4 Å². The molecule has 0 aliphatic heterocycles. The van der Waals surface area contributed by atoms with Gasteiger partial charge >= 0.3 is 0 Å². The molecule has 0 aromatic heterocycles. The van der Waals surface area contributed by atoms with Crippen molar-refractivity contribution in [3.8, 4) is 0 Å². The zero-order valence-corrected chi connectivity index (χ0v) is 11.6. The van der Waals surface area contributed by atoms with Crippen LogP contribution in [0.5, 0.6) is 0 Å². The zero-order valence-electron chi connectivity index (χ0n) is 11.6. The lowest BCUT2D eigenvalue weighted by Gasteiger charge is -2.21. The average Bonchev–Trinajstić information content (AvgIpc) is 2.41. The van der Waals surface area contributed by atoms with E-state index in [4.69, 9.17) is 0 Å². The van der Waals surface area contributed by atoms with Crippen LogP contribution in [0, 0.1) is 0 Å². The molecule has 0 aliphatic carbocycles. The summed E-state index contributed by atoms with van der Waals surface area (Å²) in [6.07, 6.45) is 1.15. The maximum absolute atomic E-state index is 2.29. The van der Waals surface area contributed by atoms with Crippen molar-refractivity contribution < 1.29 is 0 Å². The van der Waals surface area contributed by atoms with Crippen molar-refractivity contribution in [1.82, 2.24) is 0 Å². The molecular formula is C18H22. The molecule has 0 heteroatoms. The van der Waals surface area contributed by atoms with Gasteiger partial charge in [-0.3, -0.25) is 0 Å². The Morgan fingerprint density at radius 2 is 1.33 bits per heavy atom. The van der Waals surface area contributed by atoms with Gasteiger partial charge in [0.15, 0.2) is 0 Å². The van der Waals surface area contributed by atoms with E-state index < -0.39 is 0 Å². The molecule has 2 rings (SSSR count). The van der Waals surface area contributed by atoms with Crippen molar-refractivity contribution in [2.24, 2.45) is 0 Å². The van der Waals surface area contributed by atoms with E-state index in [1.54, 1.807) is 0 Å². The summed E-state index contributed by atoms with van der Waals surface area (Å²) in [4.78, 5) is 0. The van der Waals surface area contributed by atoms with Crippen molar-refractivity contribution in [1.29, 1.82) is 0 Å². The van der Waals surface area contributed by atoms with Gasteiger partial charge in [-0.2, -0.15) is 0 Å². The lowest BCUT2D eigenvalue weighted by Crippen LogP contribution is -2.04. The van der Waals surface area contributed by atoms with Crippen molar-refractivity contribution in [2.45, 2.75) is 39.0 Å². The lowest BCUT2D eigenvalue weighted by molar-refractivity contribution is 0.743. The highest BCUT2D eigenvalue weighted by Gasteiger charge is 2.16. The summed E-state index contributed by atoms with van der Waals surface area (Å²) in [6, 6.07) is 19.7. The van der Waals surface area contributed by atoms with Gasteiger partial charge in [-0.05, 0) is 29.0 Å². The largest absolute Gasteiger partial charge is 0.0645 e. The Bertz CT molecular complexity index is 482. The van der Waals surface area contributed by atoms with Crippen molar-refractivity contribution >= 4 is 0 Å². The minimum atomic E-state index is 0.518. The molecule has 18 heavy (non-hydrogen) atoms. The van der Waals surface area contributed by atoms with Crippen molar-refractivity contribution in [3.05, 3.63) is 71.3 Å². The normalized spacial score (nSPS) is 12.7. The third-order valence-electron chi connectivity index (χ3n) is 3.60. The van der Waals surface area contributed by atoms with Gasteiger partial charge in [0.2, 0.25) is 0 Å². The smallest absolute Gasteiger partial charge is 0.00895 e. The molecule has 0 N–H and O–H groups in total. The summed E-state index contributed by atoms with van der Waals surface area (Å²) in [7, 11) is 0. The summed E-state index contributed by atoms with van der Waals surface area (Å²) in [5, 5.41) is 0. The van der Waals surface area contributed by atoms with Crippen LogP contribution in [0.3, 0.4) is 0 Å². The Labute approximate surface area is 111 Å². The van der Waals surface area contributed by atoms with Crippen LogP contribution >= 0.6 is 0 Å². The zero-order chi connectivity index (χ0) is 13.0. The third-order valence-corrected chi connectivity index (χ3v) is 3.60. The van der Waals surface area contributed by atoms with Gasteiger partial charge in [0, 0.05) is 5.92 Å². The van der Waals surface area contributed by atoms with Gasteiger partial charge in [0.25, 0.3) is 0 Å². The molecule has 0 spiro atoms. The minimum Gasteiger partial charge on any atom is -0.0645 e. The number of hydrogen-bond donors (Lipinski definition) is 0. The number of benzene rings is 2. The Morgan fingerprint density at radius 1 is 0.778 bits per heavy atom. The molecule has 94 valence electrons. The quantitative estimate of drug-likeness (QED) is 0.673. The molecule has 0 amide bonds. The van der Waals surface area contributed by atoms with Crippen LogP contribution in [0.15, 0.2) is 54.6 Å². The van der Waals surface area contributed by atoms with Gasteiger partial charge < -0.3 is 0 Å². The van der Waals surface area contributed by atoms with Crippen LogP contribution in [0.1, 0.15) is 55.7 Å². The van der Waals surface area contributed by atoms with Gasteiger partial charge in [-0.15, -0.1) is 0 Å². The fourth-order valence-electron chi connectivity index (χ4n) is 2.67. The van der Waals surface area contributed by atoms with E-state index in [-0.39, 0.29) is 0 Å². The average molecular weight is 238 g/mol. The lowest BCUT2D eigenvalue weighted by atomic mass is 9.83. The molecule has 0 heterocycles. The van der Waals surface area contributed by atoms with Crippen LogP contribution in [0.4, 0.5) is 0 Å². The molecule has 1 atom stereocenters. The fourth-order valence-corrected chi connectivity index (χ4v) is 2.67. The van der Waals surface area contributed by atoms with Crippen LogP contribution in [-0.2, 0) is 0 Å². The Hall–Kier alpha value is -1.56. The maximum Gasteiger partial charge on any atom is 0.00895 e. The SMILES string of the molecule is CCC(c1ccccc1)c1ccccc1C(C)C. The molecular weight excluding hydrogens is 216 g/mol. The van der Waals surface area contributed by atoms with Crippen LogP contribution < -0.4 is 0 Å². The van der Waals surface area contributed by atoms with E-state index in [0.29, 0.717) is 11.8 Å². The van der Waals surface area contributed by atoms with Crippen molar-refractivity contribution in [2.75, 3.05) is 0 Å². The molecule has 2 aromatic rings. The molecule has 0 nitrogen and oxygen atoms in total. The summed E-state index contributed by atoms with van der Waals surface area (Å²) in [5.74, 6) is 1.10. The first-order valence-corrected chi connectivity index (χ1v) is 6.87. The molecule has 2 aromatic carbocycles. The number of rotatable bonds is 4. The Kier molecular flexibility index (Phi) is 4.19. The first-order valence-electron chi connectivity index (χ1n) is 6.87. The predicted molar refractivity (Wildman–Crippen MR) is 79.1 cm³/mol. The van der Waals surface area contributed by atoms with E-state index >= 15 is 0 Å². The highest BCUT2D eigenvalue weighted by atomic mass is 14.2. The van der Waals surface area contributed by atoms with Crippen LogP contribution in [0.2, 0.25) is 0 Å². The van der Waals surface area contributed by atoms with Gasteiger partial charge in [0.05, 0.1) is 0 Å². The Morgan fingerprint density at radius 3 is 1.89 bits per heavy atom. The standard InChI is InChI=1S/C18H22/c1-4-16(15-10-6-5-7-11-15)18-13-9-8-12-17(18)14(2)3/h5-14,16H,4H2,1-3H3. The Balaban J connectivity index is 2.46. The summed E-state index contributed by atoms with van der Waals surface area (Å²) in [6.45, 7) is 6.82. The van der Waals surface area contributed by atoms with Crippen LogP contribution in [-0.4, -0.2) is 0 Å². The summed E-state index contributed by atoms with van der Waals surface area (Å²) < 4.78 is 0. The molecule has 0 bridgehead atoms. The third kappa shape index (κ3) is 2.64. The molecule has 0 saturated heterocycles. The minimum absolute atomic E-state index is 0.518. The van der Waals surface area contributed by atoms with E-state index in [1.165, 1.54) is 16.7 Å². The second-order valence-electron chi connectivity index (χ2n) is 5.16. The monoisotopic (exact) mass is 238 g/mol. The second-order valence-corrected chi connectivity index (χ2v) is 5.16. The maximum atomic E-state index is 2.29. The molecule has 0 saturated carbocycles. The highest BCUT2D eigenvalue weighted by Crippen LogP contribution is 2.33. The molecule has 1 unspecified atom stereocenters. The molecule has 0 fully saturated rings. The molecule has 0 aliphatic rings. The summed E-state index contributed by atoms with van der Waals surface area (Å²) >= 11 is 0. The van der Waals surface area contributed by atoms with Gasteiger partial charge in [-0.25, -0.2) is 0 Å². The summed E-state index contributed by atoms with van der Waals surface area (Å²) in [5.41, 5.74) is 4.39. The first kappa shape index (κ1) is 12.9. The van der Waals surface area contributed by atoms with Crippen molar-refractivity contribution in [3.63, 3.8) is 0 Å². The van der Waals surface area contributed by atoms with Gasteiger partial charge in [-0.1, -0.05) is 75.4 Å². The van der Waals surface area contributed by atoms with E-state index in [1.807, 2.05) is 0 Å². The topological polar surface area (TPSA) is 0 Å². The predicted octanol–water partition coefficient (Wildman–Crippen LogP) is 5.35. The second kappa shape index (κ2) is 5.86. The van der Waals surface area contributed by atoms with Gasteiger partial charge in [0.1, 0.15) is 0 Å². The first-order chi connectivity index (χ1) is 8.74. The number of hydrogen-bond acceptors (Lipinski definition) is 0. The fraction of sp³-hybridized carbons (Fsp3) is 0.333. The van der Waals surface area contributed by atoms with E-state index in [9.17, 15) is 0 Å². The molecule has 0 radical (unpaired) electrons. The highest BCUT2D eigenvalue weighted by molar-refractivity contribution is 5.39. The van der Waals surface area contributed by atoms with E-state index in [0.717, 1.165) is 6.42 Å². The van der Waals surface area contributed by atoms with Crippen LogP contribution in [0.25, 0.3) is 0 Å².